The minimum atomic E-state index is -0.438. The summed E-state index contributed by atoms with van der Waals surface area (Å²) in [6.45, 7) is 5.07. The van der Waals surface area contributed by atoms with Crippen molar-refractivity contribution in [2.45, 2.75) is 32.5 Å². The zero-order valence-electron chi connectivity index (χ0n) is 22.1. The number of rotatable bonds is 11. The van der Waals surface area contributed by atoms with Crippen molar-refractivity contribution < 1.29 is 19.1 Å². The second kappa shape index (κ2) is 12.6. The summed E-state index contributed by atoms with van der Waals surface area (Å²) in [5.41, 5.74) is 3.52. The number of hydrogen-bond acceptors (Lipinski definition) is 9. The number of aryl methyl sites for hydroxylation is 2. The van der Waals surface area contributed by atoms with Crippen LogP contribution in [0.3, 0.4) is 0 Å². The summed E-state index contributed by atoms with van der Waals surface area (Å²) < 4.78 is 10.7. The molecular weight excluding hydrogens is 498 g/mol. The van der Waals surface area contributed by atoms with Crippen LogP contribution in [0.5, 0.6) is 5.75 Å². The summed E-state index contributed by atoms with van der Waals surface area (Å²) in [7, 11) is 1.63. The smallest absolute Gasteiger partial charge is 0.324 e. The molecule has 0 bridgehead atoms. The second-order valence-corrected chi connectivity index (χ2v) is 9.61. The Morgan fingerprint density at radius 3 is 2.26 bits per heavy atom. The predicted molar refractivity (Wildman–Crippen MR) is 144 cm³/mol. The summed E-state index contributed by atoms with van der Waals surface area (Å²) in [5, 5.41) is 5.56. The Morgan fingerprint density at radius 2 is 1.56 bits per heavy atom. The van der Waals surface area contributed by atoms with Crippen LogP contribution < -0.4 is 15.4 Å². The van der Waals surface area contributed by atoms with Crippen LogP contribution in [0.25, 0.3) is 0 Å². The fourth-order valence-electron chi connectivity index (χ4n) is 4.52. The first-order chi connectivity index (χ1) is 19.0. The molecule has 5 rings (SSSR count). The van der Waals surface area contributed by atoms with Gasteiger partial charge < -0.3 is 19.7 Å². The molecule has 0 unspecified atom stereocenters. The topological polar surface area (TPSA) is 122 Å². The molecule has 204 valence electrons. The first-order valence-corrected chi connectivity index (χ1v) is 13.1. The number of methoxy groups -OCH3 is 1. The largest absolute Gasteiger partial charge is 0.497 e. The molecule has 2 saturated heterocycles. The molecule has 2 N–H and O–H groups in total. The van der Waals surface area contributed by atoms with Crippen LogP contribution in [0.1, 0.15) is 28.3 Å². The molecule has 0 spiro atoms. The molecule has 3 amide bonds. The molecule has 0 atom stereocenters. The molecule has 3 aromatic rings. The highest BCUT2D eigenvalue weighted by Crippen LogP contribution is 2.15. The Kier molecular flexibility index (Phi) is 8.59. The zero-order valence-corrected chi connectivity index (χ0v) is 22.1. The Morgan fingerprint density at radius 1 is 0.872 bits per heavy atom. The highest BCUT2D eigenvalue weighted by Gasteiger charge is 2.27. The van der Waals surface area contributed by atoms with E-state index in [2.05, 4.69) is 54.8 Å². The van der Waals surface area contributed by atoms with Gasteiger partial charge in [0, 0.05) is 32.6 Å². The molecule has 0 radical (unpaired) electrons. The summed E-state index contributed by atoms with van der Waals surface area (Å²) in [4.78, 5) is 41.3. The Balaban J connectivity index is 1.25. The van der Waals surface area contributed by atoms with E-state index in [0.29, 0.717) is 30.6 Å². The van der Waals surface area contributed by atoms with Crippen molar-refractivity contribution in [3.63, 3.8) is 0 Å². The standard InChI is InChI=1S/C28H33N7O4/c1-38-23-9-6-21(7-10-23)16-29-27-31-24(30-25(32-27)18-35-19-26(36)33-28(35)37)11-8-20-2-4-22(5-3-20)17-34-12-14-39-15-13-34/h2-7,9-10H,8,11-19H2,1H3,(H,33,36,37)(H,29,30,31,32). The van der Waals surface area contributed by atoms with E-state index in [0.717, 1.165) is 50.6 Å². The van der Waals surface area contributed by atoms with Crippen molar-refractivity contribution in [1.82, 2.24) is 30.1 Å². The number of carbonyl (C=O) groups excluding carboxylic acids is 2. The van der Waals surface area contributed by atoms with Gasteiger partial charge in [0.1, 0.15) is 18.1 Å². The number of hydrogen-bond donors (Lipinski definition) is 2. The van der Waals surface area contributed by atoms with E-state index < -0.39 is 6.03 Å². The van der Waals surface area contributed by atoms with Crippen molar-refractivity contribution in [2.24, 2.45) is 0 Å². The number of imide groups is 1. The van der Waals surface area contributed by atoms with Gasteiger partial charge in [0.15, 0.2) is 5.82 Å². The lowest BCUT2D eigenvalue weighted by molar-refractivity contribution is -0.118. The number of nitrogens with one attached hydrogen (secondary N) is 2. The van der Waals surface area contributed by atoms with E-state index in [1.807, 2.05) is 24.3 Å². The van der Waals surface area contributed by atoms with E-state index in [1.54, 1.807) is 7.11 Å². The molecule has 3 heterocycles. The van der Waals surface area contributed by atoms with Gasteiger partial charge in [-0.05, 0) is 35.2 Å². The predicted octanol–water partition coefficient (Wildman–Crippen LogP) is 2.16. The average molecular weight is 532 g/mol. The minimum absolute atomic E-state index is 0.00867. The third kappa shape index (κ3) is 7.49. The Hall–Kier alpha value is -4.09. The number of morpholine rings is 1. The molecular formula is C28H33N7O4. The van der Waals surface area contributed by atoms with Gasteiger partial charge in [0.05, 0.1) is 26.9 Å². The lowest BCUT2D eigenvalue weighted by Gasteiger charge is -2.26. The maximum absolute atomic E-state index is 12.1. The first kappa shape index (κ1) is 26.5. The van der Waals surface area contributed by atoms with Crippen molar-refractivity contribution in [2.75, 3.05) is 45.3 Å². The van der Waals surface area contributed by atoms with Gasteiger partial charge in [-0.1, -0.05) is 36.4 Å². The van der Waals surface area contributed by atoms with Gasteiger partial charge in [-0.15, -0.1) is 0 Å². The van der Waals surface area contributed by atoms with E-state index in [9.17, 15) is 9.59 Å². The molecule has 0 saturated carbocycles. The Labute approximate surface area is 227 Å². The van der Waals surface area contributed by atoms with Crippen LogP contribution in [-0.4, -0.2) is 76.6 Å². The third-order valence-corrected chi connectivity index (χ3v) is 6.71. The Bertz CT molecular complexity index is 1280. The summed E-state index contributed by atoms with van der Waals surface area (Å²) >= 11 is 0. The van der Waals surface area contributed by atoms with Crippen LogP contribution in [0.15, 0.2) is 48.5 Å². The average Bonchev–Trinajstić information content (AvgIpc) is 3.28. The number of benzene rings is 2. The van der Waals surface area contributed by atoms with Crippen molar-refractivity contribution in [3.05, 3.63) is 76.9 Å². The van der Waals surface area contributed by atoms with Gasteiger partial charge in [0.2, 0.25) is 11.9 Å². The van der Waals surface area contributed by atoms with Crippen molar-refractivity contribution in [3.8, 4) is 5.75 Å². The maximum Gasteiger partial charge on any atom is 0.324 e. The fraction of sp³-hybridized carbons (Fsp3) is 0.393. The monoisotopic (exact) mass is 531 g/mol. The number of carbonyl (C=O) groups is 2. The lowest BCUT2D eigenvalue weighted by atomic mass is 10.1. The van der Waals surface area contributed by atoms with E-state index in [-0.39, 0.29) is 19.0 Å². The quantitative estimate of drug-likeness (QED) is 0.359. The first-order valence-electron chi connectivity index (χ1n) is 13.1. The molecule has 1 aromatic heterocycles. The van der Waals surface area contributed by atoms with Gasteiger partial charge >= 0.3 is 6.03 Å². The molecule has 11 nitrogen and oxygen atoms in total. The van der Waals surface area contributed by atoms with Crippen molar-refractivity contribution in [1.29, 1.82) is 0 Å². The summed E-state index contributed by atoms with van der Waals surface area (Å²) in [5.74, 6) is 1.95. The molecule has 2 aromatic carbocycles. The fourth-order valence-corrected chi connectivity index (χ4v) is 4.52. The molecule has 0 aliphatic carbocycles. The van der Waals surface area contributed by atoms with Crippen molar-refractivity contribution >= 4 is 17.9 Å². The van der Waals surface area contributed by atoms with E-state index in [4.69, 9.17) is 9.47 Å². The molecule has 2 aliphatic heterocycles. The number of nitrogens with zero attached hydrogens (tertiary/aromatic N) is 5. The van der Waals surface area contributed by atoms with Gasteiger partial charge in [0.25, 0.3) is 0 Å². The zero-order chi connectivity index (χ0) is 27.0. The third-order valence-electron chi connectivity index (χ3n) is 6.71. The van der Waals surface area contributed by atoms with Crippen LogP contribution >= 0.6 is 0 Å². The number of ether oxygens (including phenoxy) is 2. The summed E-state index contributed by atoms with van der Waals surface area (Å²) in [6, 6.07) is 16.0. The van der Waals surface area contributed by atoms with E-state index >= 15 is 0 Å². The molecule has 11 heteroatoms. The van der Waals surface area contributed by atoms with Crippen LogP contribution in [0.4, 0.5) is 10.7 Å². The number of aromatic nitrogens is 3. The summed E-state index contributed by atoms with van der Waals surface area (Å²) in [6.07, 6.45) is 1.38. The molecule has 2 fully saturated rings. The molecule has 2 aliphatic rings. The highest BCUT2D eigenvalue weighted by molar-refractivity contribution is 6.01. The van der Waals surface area contributed by atoms with Crippen LogP contribution in [0.2, 0.25) is 0 Å². The normalized spacial score (nSPS) is 15.9. The highest BCUT2D eigenvalue weighted by atomic mass is 16.5. The van der Waals surface area contributed by atoms with E-state index in [1.165, 1.54) is 16.0 Å². The molecule has 39 heavy (non-hydrogen) atoms. The number of anilines is 1. The maximum atomic E-state index is 12.1. The van der Waals surface area contributed by atoms with Gasteiger partial charge in [-0.2, -0.15) is 9.97 Å². The van der Waals surface area contributed by atoms with Gasteiger partial charge in [-0.25, -0.2) is 9.78 Å². The second-order valence-electron chi connectivity index (χ2n) is 9.61. The van der Waals surface area contributed by atoms with Crippen LogP contribution in [-0.2, 0) is 42.0 Å². The lowest BCUT2D eigenvalue weighted by Crippen LogP contribution is -2.35. The SMILES string of the molecule is COc1ccc(CNc2nc(CCc3ccc(CN4CCOCC4)cc3)nc(CN3CC(=O)NC3=O)n2)cc1. The van der Waals surface area contributed by atoms with Gasteiger partial charge in [-0.3, -0.25) is 15.0 Å². The number of urea groups is 1. The van der Waals surface area contributed by atoms with Crippen LogP contribution in [0, 0.1) is 0 Å². The number of amides is 3. The minimum Gasteiger partial charge on any atom is -0.497 e.